The number of aliphatic hydroxyl groups excluding tert-OH is 2. The van der Waals surface area contributed by atoms with E-state index in [9.17, 15) is 0 Å². The van der Waals surface area contributed by atoms with Crippen LogP contribution in [0.4, 0.5) is 0 Å². The number of hydrogen-bond acceptors (Lipinski definition) is 2. The highest BCUT2D eigenvalue weighted by Crippen LogP contribution is 2.17. The van der Waals surface area contributed by atoms with Gasteiger partial charge in [-0.3, -0.25) is 0 Å². The highest BCUT2D eigenvalue weighted by molar-refractivity contribution is 4.53. The molecule has 0 aromatic rings. The van der Waals surface area contributed by atoms with E-state index in [0.29, 0.717) is 13.2 Å². The maximum absolute atomic E-state index is 8.80. The van der Waals surface area contributed by atoms with E-state index in [1.54, 1.807) is 0 Å². The second-order valence-electron chi connectivity index (χ2n) is 14.6. The van der Waals surface area contributed by atoms with Gasteiger partial charge in [0.15, 0.2) is 0 Å². The van der Waals surface area contributed by atoms with Crippen molar-refractivity contribution in [3.8, 4) is 0 Å². The lowest BCUT2D eigenvalue weighted by Crippen LogP contribution is -1.85. The van der Waals surface area contributed by atoms with Crippen molar-refractivity contribution in [1.82, 2.24) is 0 Å². The van der Waals surface area contributed by atoms with Crippen molar-refractivity contribution in [3.05, 3.63) is 0 Å². The Hall–Kier alpha value is -0.0800. The van der Waals surface area contributed by atoms with Crippen LogP contribution in [0.3, 0.4) is 0 Å². The zero-order valence-electron chi connectivity index (χ0n) is 30.6. The minimum Gasteiger partial charge on any atom is -0.396 e. The second-order valence-corrected chi connectivity index (χ2v) is 14.6. The topological polar surface area (TPSA) is 40.5 Å². The molecule has 0 atom stereocenters. The van der Waals surface area contributed by atoms with Gasteiger partial charge in [-0.2, -0.15) is 0 Å². The van der Waals surface area contributed by atoms with Crippen molar-refractivity contribution in [2.45, 2.75) is 257 Å². The molecule has 0 aliphatic rings. The van der Waals surface area contributed by atoms with Crippen molar-refractivity contribution in [2.75, 3.05) is 13.2 Å². The Kier molecular flexibility index (Phi) is 42.8. The first-order valence-electron chi connectivity index (χ1n) is 21.1. The summed E-state index contributed by atoms with van der Waals surface area (Å²) in [5.41, 5.74) is 0. The van der Waals surface area contributed by atoms with Crippen molar-refractivity contribution >= 4 is 0 Å². The summed E-state index contributed by atoms with van der Waals surface area (Å²) in [6.07, 6.45) is 56.7. The molecule has 266 valence electrons. The van der Waals surface area contributed by atoms with Crippen molar-refractivity contribution in [2.24, 2.45) is 0 Å². The molecule has 0 bridgehead atoms. The molecular weight excluding hydrogens is 536 g/mol. The minimum atomic E-state index is 0.373. The molecule has 0 aliphatic heterocycles. The summed E-state index contributed by atoms with van der Waals surface area (Å²) in [7, 11) is 0. The Balaban J connectivity index is 3.03. The monoisotopic (exact) mass is 623 g/mol. The van der Waals surface area contributed by atoms with Gasteiger partial charge in [0.05, 0.1) is 0 Å². The van der Waals surface area contributed by atoms with Crippen molar-refractivity contribution < 1.29 is 10.2 Å². The molecule has 0 aliphatic carbocycles. The molecule has 0 rings (SSSR count). The van der Waals surface area contributed by atoms with E-state index >= 15 is 0 Å². The van der Waals surface area contributed by atoms with Crippen LogP contribution in [-0.4, -0.2) is 23.4 Å². The summed E-state index contributed by atoms with van der Waals surface area (Å²) in [6, 6.07) is 0. The van der Waals surface area contributed by atoms with Crippen LogP contribution < -0.4 is 0 Å². The Labute approximate surface area is 279 Å². The van der Waals surface area contributed by atoms with Gasteiger partial charge in [-0.1, -0.05) is 244 Å². The maximum atomic E-state index is 8.80. The van der Waals surface area contributed by atoms with Gasteiger partial charge in [0.2, 0.25) is 0 Å². The van der Waals surface area contributed by atoms with Crippen LogP contribution >= 0.6 is 0 Å². The summed E-state index contributed by atoms with van der Waals surface area (Å²) < 4.78 is 0. The Morgan fingerprint density at radius 3 is 0.250 bits per heavy atom. The summed E-state index contributed by atoms with van der Waals surface area (Å²) in [5.74, 6) is 0. The van der Waals surface area contributed by atoms with Crippen LogP contribution in [-0.2, 0) is 0 Å². The lowest BCUT2D eigenvalue weighted by molar-refractivity contribution is 0.282. The first-order chi connectivity index (χ1) is 21.9. The van der Waals surface area contributed by atoms with Gasteiger partial charge in [-0.15, -0.1) is 0 Å². The summed E-state index contributed by atoms with van der Waals surface area (Å²) in [6.45, 7) is 0.745. The Bertz CT molecular complexity index is 423. The summed E-state index contributed by atoms with van der Waals surface area (Å²) in [4.78, 5) is 0. The van der Waals surface area contributed by atoms with E-state index in [0.717, 1.165) is 12.8 Å². The largest absolute Gasteiger partial charge is 0.396 e. The van der Waals surface area contributed by atoms with Crippen LogP contribution in [0.25, 0.3) is 0 Å². The first-order valence-corrected chi connectivity index (χ1v) is 21.1. The van der Waals surface area contributed by atoms with E-state index in [-0.39, 0.29) is 0 Å². The molecule has 0 radical (unpaired) electrons. The van der Waals surface area contributed by atoms with Gasteiger partial charge in [0.25, 0.3) is 0 Å². The molecule has 2 N–H and O–H groups in total. The fourth-order valence-corrected chi connectivity index (χ4v) is 6.94. The SMILES string of the molecule is OCCCCCCCCCCCCCCCCCCCCCCCCCCCCCCCCCCCCCCCCCCO. The minimum absolute atomic E-state index is 0.373. The van der Waals surface area contributed by atoms with Crippen LogP contribution in [0.1, 0.15) is 257 Å². The quantitative estimate of drug-likeness (QED) is 0.0666. The number of rotatable bonds is 41. The van der Waals surface area contributed by atoms with Crippen molar-refractivity contribution in [3.63, 3.8) is 0 Å². The number of aliphatic hydroxyl groups is 2. The molecule has 0 amide bonds. The molecule has 2 heteroatoms. The molecule has 0 aromatic heterocycles. The smallest absolute Gasteiger partial charge is 0.0431 e. The maximum Gasteiger partial charge on any atom is 0.0431 e. The number of hydrogen-bond donors (Lipinski definition) is 2. The third-order valence-corrected chi connectivity index (χ3v) is 10.1. The molecular formula is C42H86O2. The average Bonchev–Trinajstić information content (AvgIpc) is 3.04. The van der Waals surface area contributed by atoms with E-state index in [4.69, 9.17) is 10.2 Å². The molecule has 0 aromatic carbocycles. The Morgan fingerprint density at radius 1 is 0.114 bits per heavy atom. The normalized spacial score (nSPS) is 11.6. The second kappa shape index (κ2) is 42.9. The van der Waals surface area contributed by atoms with E-state index < -0.39 is 0 Å². The lowest BCUT2D eigenvalue weighted by Gasteiger charge is -2.05. The predicted octanol–water partition coefficient (Wildman–Crippen LogP) is 14.6. The van der Waals surface area contributed by atoms with E-state index in [1.807, 2.05) is 0 Å². The van der Waals surface area contributed by atoms with Crippen molar-refractivity contribution in [1.29, 1.82) is 0 Å². The highest BCUT2D eigenvalue weighted by atomic mass is 16.3. The van der Waals surface area contributed by atoms with Gasteiger partial charge in [0, 0.05) is 13.2 Å². The molecule has 0 spiro atoms. The predicted molar refractivity (Wildman–Crippen MR) is 199 cm³/mol. The van der Waals surface area contributed by atoms with Crippen LogP contribution in [0.5, 0.6) is 0 Å². The molecule has 0 fully saturated rings. The molecule has 2 nitrogen and oxygen atoms in total. The summed E-state index contributed by atoms with van der Waals surface area (Å²) in [5, 5.41) is 17.6. The van der Waals surface area contributed by atoms with Crippen LogP contribution in [0.2, 0.25) is 0 Å². The summed E-state index contributed by atoms with van der Waals surface area (Å²) >= 11 is 0. The fourth-order valence-electron chi connectivity index (χ4n) is 6.94. The fraction of sp³-hybridized carbons (Fsp3) is 1.00. The molecule has 0 heterocycles. The average molecular weight is 623 g/mol. The highest BCUT2D eigenvalue weighted by Gasteiger charge is 1.98. The van der Waals surface area contributed by atoms with E-state index in [2.05, 4.69) is 0 Å². The zero-order valence-corrected chi connectivity index (χ0v) is 30.6. The van der Waals surface area contributed by atoms with Gasteiger partial charge in [-0.05, 0) is 12.8 Å². The molecule has 0 saturated heterocycles. The zero-order chi connectivity index (χ0) is 31.7. The van der Waals surface area contributed by atoms with Gasteiger partial charge < -0.3 is 10.2 Å². The van der Waals surface area contributed by atoms with Gasteiger partial charge in [0.1, 0.15) is 0 Å². The molecule has 44 heavy (non-hydrogen) atoms. The third-order valence-electron chi connectivity index (χ3n) is 10.1. The molecule has 0 saturated carbocycles. The third kappa shape index (κ3) is 41.9. The van der Waals surface area contributed by atoms with Crippen LogP contribution in [0.15, 0.2) is 0 Å². The first kappa shape index (κ1) is 43.9. The van der Waals surface area contributed by atoms with Gasteiger partial charge >= 0.3 is 0 Å². The Morgan fingerprint density at radius 2 is 0.182 bits per heavy atom. The lowest BCUT2D eigenvalue weighted by atomic mass is 10.0. The van der Waals surface area contributed by atoms with E-state index in [1.165, 1.54) is 244 Å². The molecule has 0 unspecified atom stereocenters. The van der Waals surface area contributed by atoms with Crippen LogP contribution in [0, 0.1) is 0 Å². The van der Waals surface area contributed by atoms with Gasteiger partial charge in [-0.25, -0.2) is 0 Å². The number of unbranched alkanes of at least 4 members (excludes halogenated alkanes) is 39. The standard InChI is InChI=1S/C42H86O2/c43-41-39-37-35-33-31-29-27-25-23-21-19-17-15-13-11-9-7-5-3-1-2-4-6-8-10-12-14-16-18-20-22-24-26-28-30-32-34-36-38-40-42-44/h43-44H,1-42H2.